The average Bonchev–Trinajstić information content (AvgIpc) is 3.60. The van der Waals surface area contributed by atoms with Crippen molar-refractivity contribution in [2.24, 2.45) is 0 Å². The zero-order chi connectivity index (χ0) is 24.3. The van der Waals surface area contributed by atoms with Gasteiger partial charge >= 0.3 is 0 Å². The second-order valence-electron chi connectivity index (χ2n) is 10.3. The molecule has 0 radical (unpaired) electrons. The van der Waals surface area contributed by atoms with Gasteiger partial charge in [0.1, 0.15) is 5.75 Å². The highest BCUT2D eigenvalue weighted by atomic mass is 16.5. The van der Waals surface area contributed by atoms with E-state index in [4.69, 9.17) is 14.6 Å². The topological polar surface area (TPSA) is 59.8 Å². The molecule has 1 atom stereocenters. The van der Waals surface area contributed by atoms with Gasteiger partial charge in [0.25, 0.3) is 0 Å². The minimum Gasteiger partial charge on any atom is -0.439 e. The molecule has 0 aliphatic heterocycles. The van der Waals surface area contributed by atoms with Crippen LogP contribution in [0.5, 0.6) is 11.6 Å². The highest BCUT2D eigenvalue weighted by Gasteiger charge is 2.33. The van der Waals surface area contributed by atoms with Crippen molar-refractivity contribution < 1.29 is 14.6 Å². The quantitative estimate of drug-likeness (QED) is 0.435. The summed E-state index contributed by atoms with van der Waals surface area (Å²) in [6.45, 7) is 11.7. The molecule has 4 rings (SSSR count). The summed E-state index contributed by atoms with van der Waals surface area (Å²) in [4.78, 5) is 2.35. The number of benzene rings is 2. The lowest BCUT2D eigenvalue weighted by Crippen LogP contribution is -2.38. The number of aliphatic hydroxyl groups is 1. The summed E-state index contributed by atoms with van der Waals surface area (Å²) in [6, 6.07) is 18.6. The van der Waals surface area contributed by atoms with E-state index >= 15 is 0 Å². The summed E-state index contributed by atoms with van der Waals surface area (Å²) in [5, 5.41) is 15.6. The largest absolute Gasteiger partial charge is 0.439 e. The van der Waals surface area contributed by atoms with Crippen LogP contribution in [-0.4, -0.2) is 50.7 Å². The summed E-state index contributed by atoms with van der Waals surface area (Å²) in [6.07, 6.45) is 1.74. The Morgan fingerprint density at radius 1 is 1.06 bits per heavy atom. The molecule has 2 aromatic carbocycles. The molecule has 3 aromatic rings. The summed E-state index contributed by atoms with van der Waals surface area (Å²) in [7, 11) is 0. The van der Waals surface area contributed by atoms with Gasteiger partial charge in [-0.05, 0) is 71.7 Å². The molecular weight excluding hydrogens is 426 g/mol. The van der Waals surface area contributed by atoms with Crippen LogP contribution in [0, 0.1) is 13.8 Å². The molecule has 1 aromatic heterocycles. The number of para-hydroxylation sites is 1. The summed E-state index contributed by atoms with van der Waals surface area (Å²) < 4.78 is 14.2. The molecule has 6 nitrogen and oxygen atoms in total. The number of aryl methyl sites for hydroxylation is 2. The average molecular weight is 464 g/mol. The fraction of sp³-hybridized carbons (Fsp3) is 0.464. The number of aliphatic hydroxyl groups excluding tert-OH is 1. The molecule has 1 aliphatic carbocycles. The van der Waals surface area contributed by atoms with Crippen molar-refractivity contribution >= 4 is 0 Å². The van der Waals surface area contributed by atoms with E-state index < -0.39 is 6.10 Å². The van der Waals surface area contributed by atoms with Crippen LogP contribution in [0.15, 0.2) is 54.6 Å². The van der Waals surface area contributed by atoms with E-state index in [1.54, 1.807) is 0 Å². The maximum absolute atomic E-state index is 10.7. The minimum atomic E-state index is -0.550. The highest BCUT2D eigenvalue weighted by molar-refractivity contribution is 5.43. The first-order valence-corrected chi connectivity index (χ1v) is 12.1. The molecule has 182 valence electrons. The van der Waals surface area contributed by atoms with Crippen molar-refractivity contribution in [1.29, 1.82) is 0 Å². The Hall–Kier alpha value is -2.67. The number of hydrogen-bond acceptors (Lipinski definition) is 5. The van der Waals surface area contributed by atoms with Crippen LogP contribution in [0.1, 0.15) is 50.4 Å². The van der Waals surface area contributed by atoms with E-state index in [2.05, 4.69) is 11.8 Å². The standard InChI is InChI=1S/C28H37N3O3/c1-20-11-15-25(16-12-20)34-27-26(21(2)29-31(27)23-9-7-6-8-10-23)18-30(22-13-14-22)17-24(32)19-33-28(3,4)5/h6-12,15-16,22,24,32H,13-14,17-19H2,1-5H3/t24-/m0/s1. The van der Waals surface area contributed by atoms with Crippen molar-refractivity contribution in [3.05, 3.63) is 71.4 Å². The summed E-state index contributed by atoms with van der Waals surface area (Å²) >= 11 is 0. The van der Waals surface area contributed by atoms with E-state index in [9.17, 15) is 5.11 Å². The number of ether oxygens (including phenoxy) is 2. The molecule has 0 unspecified atom stereocenters. The zero-order valence-corrected chi connectivity index (χ0v) is 21.0. The van der Waals surface area contributed by atoms with Crippen molar-refractivity contribution in [3.63, 3.8) is 0 Å². The fourth-order valence-corrected chi connectivity index (χ4v) is 3.94. The van der Waals surface area contributed by atoms with Gasteiger partial charge < -0.3 is 14.6 Å². The molecule has 1 saturated carbocycles. The third-order valence-corrected chi connectivity index (χ3v) is 5.95. The summed E-state index contributed by atoms with van der Waals surface area (Å²) in [5.74, 6) is 1.50. The van der Waals surface area contributed by atoms with Crippen molar-refractivity contribution in [3.8, 4) is 17.3 Å². The molecule has 34 heavy (non-hydrogen) atoms. The van der Waals surface area contributed by atoms with Gasteiger partial charge in [-0.3, -0.25) is 4.90 Å². The molecule has 6 heteroatoms. The van der Waals surface area contributed by atoms with Crippen molar-refractivity contribution in [2.45, 2.75) is 71.8 Å². The number of rotatable bonds is 10. The van der Waals surface area contributed by atoms with Crippen LogP contribution >= 0.6 is 0 Å². The van der Waals surface area contributed by atoms with Gasteiger partial charge in [0.05, 0.1) is 35.3 Å². The SMILES string of the molecule is Cc1ccc(Oc2c(CN(C[C@H](O)COC(C)(C)C)C3CC3)c(C)nn2-c2ccccc2)cc1. The van der Waals surface area contributed by atoms with Gasteiger partial charge in [-0.15, -0.1) is 0 Å². The van der Waals surface area contributed by atoms with Crippen LogP contribution < -0.4 is 4.74 Å². The number of aromatic nitrogens is 2. The zero-order valence-electron chi connectivity index (χ0n) is 21.0. The lowest BCUT2D eigenvalue weighted by atomic mass is 10.2. The normalized spacial score (nSPS) is 15.0. The highest BCUT2D eigenvalue weighted by Crippen LogP contribution is 2.35. The maximum Gasteiger partial charge on any atom is 0.227 e. The Balaban J connectivity index is 1.61. The van der Waals surface area contributed by atoms with E-state index in [1.807, 2.05) is 87.0 Å². The molecule has 0 spiro atoms. The van der Waals surface area contributed by atoms with Gasteiger partial charge in [-0.1, -0.05) is 35.9 Å². The Morgan fingerprint density at radius 3 is 2.35 bits per heavy atom. The number of nitrogens with zero attached hydrogens (tertiary/aromatic N) is 3. The van der Waals surface area contributed by atoms with Crippen LogP contribution in [0.3, 0.4) is 0 Å². The van der Waals surface area contributed by atoms with E-state index in [1.165, 1.54) is 5.56 Å². The monoisotopic (exact) mass is 463 g/mol. The molecule has 1 fully saturated rings. The lowest BCUT2D eigenvalue weighted by Gasteiger charge is -2.27. The first-order valence-electron chi connectivity index (χ1n) is 12.1. The van der Waals surface area contributed by atoms with Crippen LogP contribution in [-0.2, 0) is 11.3 Å². The van der Waals surface area contributed by atoms with Crippen LogP contribution in [0.4, 0.5) is 0 Å². The second kappa shape index (κ2) is 10.3. The van der Waals surface area contributed by atoms with Crippen LogP contribution in [0.2, 0.25) is 0 Å². The fourth-order valence-electron chi connectivity index (χ4n) is 3.94. The molecule has 1 aliphatic rings. The predicted octanol–water partition coefficient (Wildman–Crippen LogP) is 5.42. The van der Waals surface area contributed by atoms with E-state index in [0.717, 1.165) is 41.4 Å². The lowest BCUT2D eigenvalue weighted by molar-refractivity contribution is -0.0573. The van der Waals surface area contributed by atoms with E-state index in [-0.39, 0.29) is 5.60 Å². The summed E-state index contributed by atoms with van der Waals surface area (Å²) in [5.41, 5.74) is 3.84. The van der Waals surface area contributed by atoms with Gasteiger partial charge in [0.15, 0.2) is 0 Å². The smallest absolute Gasteiger partial charge is 0.227 e. The molecule has 0 saturated heterocycles. The Morgan fingerprint density at radius 2 is 1.74 bits per heavy atom. The Bertz CT molecular complexity index is 1070. The molecular formula is C28H37N3O3. The third-order valence-electron chi connectivity index (χ3n) is 5.95. The van der Waals surface area contributed by atoms with E-state index in [0.29, 0.717) is 25.7 Å². The first kappa shape index (κ1) is 24.5. The minimum absolute atomic E-state index is 0.270. The predicted molar refractivity (Wildman–Crippen MR) is 135 cm³/mol. The third kappa shape index (κ3) is 6.47. The second-order valence-corrected chi connectivity index (χ2v) is 10.3. The van der Waals surface area contributed by atoms with Gasteiger partial charge in [-0.2, -0.15) is 5.10 Å². The van der Waals surface area contributed by atoms with Gasteiger partial charge in [-0.25, -0.2) is 4.68 Å². The molecule has 1 heterocycles. The van der Waals surface area contributed by atoms with Crippen LogP contribution in [0.25, 0.3) is 5.69 Å². The first-order chi connectivity index (χ1) is 16.2. The van der Waals surface area contributed by atoms with Gasteiger partial charge in [0, 0.05) is 19.1 Å². The Labute approximate surface area is 203 Å². The number of hydrogen-bond donors (Lipinski definition) is 1. The Kier molecular flexibility index (Phi) is 7.41. The maximum atomic E-state index is 10.7. The van der Waals surface area contributed by atoms with Crippen molar-refractivity contribution in [2.75, 3.05) is 13.2 Å². The molecule has 0 bridgehead atoms. The van der Waals surface area contributed by atoms with Gasteiger partial charge in [0.2, 0.25) is 5.88 Å². The van der Waals surface area contributed by atoms with Crippen molar-refractivity contribution in [1.82, 2.24) is 14.7 Å². The molecule has 0 amide bonds. The molecule has 1 N–H and O–H groups in total.